The molecule has 3 amide bonds. The Morgan fingerprint density at radius 1 is 1.15 bits per heavy atom. The van der Waals surface area contributed by atoms with E-state index in [1.54, 1.807) is 6.07 Å². The summed E-state index contributed by atoms with van der Waals surface area (Å²) < 4.78 is 0.933. The minimum atomic E-state index is -0.777. The van der Waals surface area contributed by atoms with Crippen molar-refractivity contribution in [3.63, 3.8) is 0 Å². The van der Waals surface area contributed by atoms with Crippen molar-refractivity contribution >= 4 is 50.9 Å². The zero-order chi connectivity index (χ0) is 28.4. The fourth-order valence-electron chi connectivity index (χ4n) is 5.11. The number of hydrogen-bond donors (Lipinski definition) is 3. The molecule has 0 spiro atoms. The number of likely N-dealkylation sites (N-methyl/N-ethyl adjacent to an activating group) is 1. The first-order chi connectivity index (χ1) is 18.7. The van der Waals surface area contributed by atoms with Crippen LogP contribution in [0, 0.1) is 5.92 Å². The molecular formula is C29H42ClN5O3S. The van der Waals surface area contributed by atoms with Gasteiger partial charge >= 0.3 is 0 Å². The Kier molecular flexibility index (Phi) is 12.2. The molecule has 8 nitrogen and oxygen atoms in total. The van der Waals surface area contributed by atoms with Crippen LogP contribution in [0.25, 0.3) is 10.2 Å². The van der Waals surface area contributed by atoms with E-state index in [2.05, 4.69) is 46.3 Å². The van der Waals surface area contributed by atoms with E-state index < -0.39 is 6.04 Å². The largest absolute Gasteiger partial charge is 0.350 e. The molecule has 10 heteroatoms. The Morgan fingerprint density at radius 3 is 2.54 bits per heavy atom. The maximum Gasteiger partial charge on any atom is 0.247 e. The van der Waals surface area contributed by atoms with E-state index in [9.17, 15) is 14.4 Å². The third-order valence-corrected chi connectivity index (χ3v) is 8.57. The average molecular weight is 576 g/mol. The molecule has 0 aliphatic heterocycles. The molecular weight excluding hydrogens is 534 g/mol. The van der Waals surface area contributed by atoms with Gasteiger partial charge in [-0.2, -0.15) is 0 Å². The minimum absolute atomic E-state index is 0.198. The summed E-state index contributed by atoms with van der Waals surface area (Å²) in [5.74, 6) is -0.270. The molecule has 0 unspecified atom stereocenters. The van der Waals surface area contributed by atoms with Crippen molar-refractivity contribution in [2.75, 3.05) is 26.2 Å². The molecule has 3 rings (SSSR count). The number of rotatable bonds is 14. The minimum Gasteiger partial charge on any atom is -0.350 e. The van der Waals surface area contributed by atoms with Gasteiger partial charge < -0.3 is 16.0 Å². The molecule has 2 aromatic rings. The van der Waals surface area contributed by atoms with Crippen LogP contribution in [0.4, 0.5) is 0 Å². The van der Waals surface area contributed by atoms with Crippen LogP contribution in [0.5, 0.6) is 0 Å². The summed E-state index contributed by atoms with van der Waals surface area (Å²) in [7, 11) is 0. The average Bonchev–Trinajstić information content (AvgIpc) is 3.31. The van der Waals surface area contributed by atoms with Crippen LogP contribution in [0.3, 0.4) is 0 Å². The molecule has 1 heterocycles. The Morgan fingerprint density at radius 2 is 1.87 bits per heavy atom. The summed E-state index contributed by atoms with van der Waals surface area (Å²) in [6, 6.07) is 4.45. The monoisotopic (exact) mass is 575 g/mol. The van der Waals surface area contributed by atoms with Crippen LogP contribution in [0.2, 0.25) is 5.02 Å². The Bertz CT molecular complexity index is 1140. The molecule has 1 aliphatic carbocycles. The molecule has 2 atom stereocenters. The summed E-state index contributed by atoms with van der Waals surface area (Å²) in [6.07, 6.45) is 6.92. The van der Waals surface area contributed by atoms with Gasteiger partial charge in [0.1, 0.15) is 6.04 Å². The zero-order valence-corrected chi connectivity index (χ0v) is 24.9. The third kappa shape index (κ3) is 9.89. The lowest BCUT2D eigenvalue weighted by Crippen LogP contribution is -2.53. The van der Waals surface area contributed by atoms with E-state index in [1.807, 2.05) is 12.1 Å². The van der Waals surface area contributed by atoms with Crippen LogP contribution >= 0.6 is 22.9 Å². The van der Waals surface area contributed by atoms with Crippen molar-refractivity contribution in [1.29, 1.82) is 0 Å². The molecule has 214 valence electrons. The fourth-order valence-corrected chi connectivity index (χ4v) is 6.40. The van der Waals surface area contributed by atoms with Crippen molar-refractivity contribution in [1.82, 2.24) is 25.8 Å². The Hall–Kier alpha value is -2.49. The van der Waals surface area contributed by atoms with Gasteiger partial charge in [0.15, 0.2) is 0 Å². The molecule has 0 radical (unpaired) electrons. The molecule has 1 aromatic heterocycles. The summed E-state index contributed by atoms with van der Waals surface area (Å²) in [5, 5.41) is 10.3. The number of carbonyl (C=O) groups excluding carboxylic acids is 3. The van der Waals surface area contributed by atoms with Crippen LogP contribution < -0.4 is 16.0 Å². The number of nitrogens with one attached hydrogen (secondary N) is 3. The van der Waals surface area contributed by atoms with Gasteiger partial charge in [0.25, 0.3) is 0 Å². The lowest BCUT2D eigenvalue weighted by Gasteiger charge is -2.29. The highest BCUT2D eigenvalue weighted by molar-refractivity contribution is 7.18. The second kappa shape index (κ2) is 15.3. The standard InChI is InChI=1S/C29H42ClN5O3S/c1-5-35(6-2)18-19(3)28(37)31-17-23(14-21-10-8-7-9-11-21)33-29(38)25(32-20(4)36)16-27-34-24-13-12-22(30)15-26(24)39-27/h12-13,15,21,23,25H,3,5-11,14,16-18H2,1-2,4H3,(H,31,37)(H,32,36)(H,33,38)/t23-,25-/m0/s1. The molecule has 0 bridgehead atoms. The molecule has 0 saturated heterocycles. The zero-order valence-electron chi connectivity index (χ0n) is 23.4. The van der Waals surface area contributed by atoms with Gasteiger partial charge in [0.05, 0.1) is 15.2 Å². The topological polar surface area (TPSA) is 103 Å². The number of fused-ring (bicyclic) bond motifs is 1. The number of carbonyl (C=O) groups is 3. The number of thiazole rings is 1. The predicted octanol–water partition coefficient (Wildman–Crippen LogP) is 4.47. The van der Waals surface area contributed by atoms with Gasteiger partial charge in [0.2, 0.25) is 17.7 Å². The number of nitrogens with zero attached hydrogens (tertiary/aromatic N) is 2. The Labute approximate surface area is 241 Å². The molecule has 3 N–H and O–H groups in total. The first-order valence-electron chi connectivity index (χ1n) is 14.0. The number of aromatic nitrogens is 1. The second-order valence-corrected chi connectivity index (χ2v) is 11.9. The summed E-state index contributed by atoms with van der Waals surface area (Å²) in [4.78, 5) is 45.1. The highest BCUT2D eigenvalue weighted by Gasteiger charge is 2.27. The van der Waals surface area contributed by atoms with Gasteiger partial charge in [-0.3, -0.25) is 19.3 Å². The first-order valence-corrected chi connectivity index (χ1v) is 15.2. The predicted molar refractivity (Wildman–Crippen MR) is 159 cm³/mol. The third-order valence-electron chi connectivity index (χ3n) is 7.30. The van der Waals surface area contributed by atoms with Gasteiger partial charge in [0, 0.05) is 43.1 Å². The number of hydrogen-bond acceptors (Lipinski definition) is 6. The van der Waals surface area contributed by atoms with Crippen molar-refractivity contribution < 1.29 is 14.4 Å². The van der Waals surface area contributed by atoms with E-state index >= 15 is 0 Å². The molecule has 1 fully saturated rings. The number of halogens is 1. The van der Waals surface area contributed by atoms with E-state index in [-0.39, 0.29) is 30.2 Å². The number of amides is 3. The van der Waals surface area contributed by atoms with Gasteiger partial charge in [-0.1, -0.05) is 64.1 Å². The van der Waals surface area contributed by atoms with Gasteiger partial charge in [-0.05, 0) is 43.6 Å². The SMILES string of the molecule is C=C(CN(CC)CC)C(=O)NC[C@H](CC1CCCCC1)NC(=O)[C@H](Cc1nc2ccc(Cl)cc2s1)NC(C)=O. The lowest BCUT2D eigenvalue weighted by atomic mass is 9.84. The van der Waals surface area contributed by atoms with Crippen molar-refractivity contribution in [3.05, 3.63) is 40.4 Å². The van der Waals surface area contributed by atoms with E-state index in [4.69, 9.17) is 11.6 Å². The number of benzene rings is 1. The maximum absolute atomic E-state index is 13.5. The second-order valence-electron chi connectivity index (χ2n) is 10.4. The van der Waals surface area contributed by atoms with Gasteiger partial charge in [-0.25, -0.2) is 4.98 Å². The van der Waals surface area contributed by atoms with Crippen LogP contribution in [0.1, 0.15) is 64.3 Å². The highest BCUT2D eigenvalue weighted by atomic mass is 35.5. The highest BCUT2D eigenvalue weighted by Crippen LogP contribution is 2.28. The van der Waals surface area contributed by atoms with Crippen LogP contribution in [-0.4, -0.2) is 65.9 Å². The van der Waals surface area contributed by atoms with E-state index in [1.165, 1.54) is 37.5 Å². The summed E-state index contributed by atoms with van der Waals surface area (Å²) in [6.45, 7) is 12.0. The van der Waals surface area contributed by atoms with Crippen molar-refractivity contribution in [2.45, 2.75) is 77.8 Å². The fraction of sp³-hybridized carbons (Fsp3) is 0.586. The van der Waals surface area contributed by atoms with E-state index in [0.717, 1.165) is 47.6 Å². The normalized spacial score (nSPS) is 15.6. The van der Waals surface area contributed by atoms with Crippen LogP contribution in [-0.2, 0) is 20.8 Å². The smallest absolute Gasteiger partial charge is 0.247 e. The Balaban J connectivity index is 1.69. The first kappa shape index (κ1) is 31.0. The maximum atomic E-state index is 13.5. The summed E-state index contributed by atoms with van der Waals surface area (Å²) >= 11 is 7.58. The summed E-state index contributed by atoms with van der Waals surface area (Å²) in [5.41, 5.74) is 1.32. The quantitative estimate of drug-likeness (QED) is 0.288. The molecule has 1 aromatic carbocycles. The molecule has 39 heavy (non-hydrogen) atoms. The van der Waals surface area contributed by atoms with E-state index in [0.29, 0.717) is 29.6 Å². The van der Waals surface area contributed by atoms with Crippen molar-refractivity contribution in [2.24, 2.45) is 5.92 Å². The van der Waals surface area contributed by atoms with Gasteiger partial charge in [-0.15, -0.1) is 11.3 Å². The lowest BCUT2D eigenvalue weighted by molar-refractivity contribution is -0.128. The molecule has 1 saturated carbocycles. The molecule has 1 aliphatic rings. The van der Waals surface area contributed by atoms with Crippen LogP contribution in [0.15, 0.2) is 30.4 Å². The van der Waals surface area contributed by atoms with Crippen molar-refractivity contribution in [3.8, 4) is 0 Å².